The van der Waals surface area contributed by atoms with Crippen molar-refractivity contribution in [2.45, 2.75) is 25.7 Å². The predicted molar refractivity (Wildman–Crippen MR) is 81.0 cm³/mol. The van der Waals surface area contributed by atoms with Crippen LogP contribution in [0.3, 0.4) is 0 Å². The Labute approximate surface area is 127 Å². The smallest absolute Gasteiger partial charge is 0.282 e. The number of aliphatic hydroxyl groups is 1. The zero-order valence-electron chi connectivity index (χ0n) is 12.7. The maximum Gasteiger partial charge on any atom is 0.282 e. The minimum atomic E-state index is -3.29. The molecule has 0 radical (unpaired) electrons. The summed E-state index contributed by atoms with van der Waals surface area (Å²) in [5, 5.41) is 9.15. The molecule has 21 heavy (non-hydrogen) atoms. The summed E-state index contributed by atoms with van der Waals surface area (Å²) < 4.78 is 28.6. The van der Waals surface area contributed by atoms with Crippen LogP contribution in [0.2, 0.25) is 0 Å². The van der Waals surface area contributed by atoms with E-state index in [1.54, 1.807) is 8.61 Å². The minimum absolute atomic E-state index is 0.174. The van der Waals surface area contributed by atoms with E-state index in [0.29, 0.717) is 26.2 Å². The second kappa shape index (κ2) is 6.50. The zero-order chi connectivity index (χ0) is 14.9. The van der Waals surface area contributed by atoms with Gasteiger partial charge >= 0.3 is 0 Å². The van der Waals surface area contributed by atoms with Crippen molar-refractivity contribution in [1.82, 2.24) is 13.5 Å². The number of nitrogens with zero attached hydrogens (tertiary/aromatic N) is 3. The van der Waals surface area contributed by atoms with E-state index in [-0.39, 0.29) is 12.5 Å². The topological polar surface area (TPSA) is 64.1 Å². The molecule has 122 valence electrons. The summed E-state index contributed by atoms with van der Waals surface area (Å²) >= 11 is 0. The maximum absolute atomic E-state index is 12.6. The van der Waals surface area contributed by atoms with Crippen molar-refractivity contribution in [3.63, 3.8) is 0 Å². The number of hydrogen-bond donors (Lipinski definition) is 1. The standard InChI is InChI=1S/C14H27N3O3S/c18-12-14-3-5-16(6-4-14)21(19,20)17-9-7-15(8-10-17)11-13-1-2-13/h13-14,18H,1-12H2. The maximum atomic E-state index is 12.6. The quantitative estimate of drug-likeness (QED) is 0.773. The van der Waals surface area contributed by atoms with Gasteiger partial charge in [0.2, 0.25) is 0 Å². The fourth-order valence-electron chi connectivity index (χ4n) is 3.29. The molecular formula is C14H27N3O3S. The molecule has 3 fully saturated rings. The van der Waals surface area contributed by atoms with Gasteiger partial charge in [-0.3, -0.25) is 0 Å². The Balaban J connectivity index is 1.51. The van der Waals surface area contributed by atoms with Crippen molar-refractivity contribution < 1.29 is 13.5 Å². The van der Waals surface area contributed by atoms with Crippen molar-refractivity contribution in [3.05, 3.63) is 0 Å². The molecule has 0 amide bonds. The summed E-state index contributed by atoms with van der Waals surface area (Å²) in [6, 6.07) is 0. The summed E-state index contributed by atoms with van der Waals surface area (Å²) in [4.78, 5) is 2.40. The molecule has 3 aliphatic rings. The second-order valence-electron chi connectivity index (χ2n) is 6.68. The summed E-state index contributed by atoms with van der Waals surface area (Å²) in [5.74, 6) is 1.14. The fraction of sp³-hybridized carbons (Fsp3) is 1.00. The van der Waals surface area contributed by atoms with Gasteiger partial charge in [-0.25, -0.2) is 0 Å². The van der Waals surface area contributed by atoms with Gasteiger partial charge in [-0.1, -0.05) is 0 Å². The highest BCUT2D eigenvalue weighted by Crippen LogP contribution is 2.30. The first-order valence-corrected chi connectivity index (χ1v) is 9.57. The first kappa shape index (κ1) is 15.7. The third kappa shape index (κ3) is 3.76. The molecular weight excluding hydrogens is 290 g/mol. The van der Waals surface area contributed by atoms with Crippen molar-refractivity contribution in [1.29, 1.82) is 0 Å². The number of piperazine rings is 1. The molecule has 1 aliphatic carbocycles. The van der Waals surface area contributed by atoms with Crippen molar-refractivity contribution in [2.75, 3.05) is 52.4 Å². The lowest BCUT2D eigenvalue weighted by Crippen LogP contribution is -2.54. The Bertz CT molecular complexity index is 436. The van der Waals surface area contributed by atoms with Crippen molar-refractivity contribution in [3.8, 4) is 0 Å². The zero-order valence-corrected chi connectivity index (χ0v) is 13.5. The molecule has 0 atom stereocenters. The van der Waals surface area contributed by atoms with Gasteiger partial charge in [0.15, 0.2) is 0 Å². The molecule has 2 aliphatic heterocycles. The van der Waals surface area contributed by atoms with E-state index >= 15 is 0 Å². The van der Waals surface area contributed by atoms with Gasteiger partial charge in [0.25, 0.3) is 10.2 Å². The van der Waals surface area contributed by atoms with Crippen LogP contribution in [0.1, 0.15) is 25.7 Å². The molecule has 1 saturated carbocycles. The number of piperidine rings is 1. The Kier molecular flexibility index (Phi) is 4.85. The molecule has 0 aromatic carbocycles. The van der Waals surface area contributed by atoms with Gasteiger partial charge in [0.1, 0.15) is 0 Å². The van der Waals surface area contributed by atoms with Crippen molar-refractivity contribution >= 4 is 10.2 Å². The molecule has 6 nitrogen and oxygen atoms in total. The van der Waals surface area contributed by atoms with Crippen LogP contribution in [0.15, 0.2) is 0 Å². The van der Waals surface area contributed by atoms with Crippen LogP contribution >= 0.6 is 0 Å². The van der Waals surface area contributed by atoms with Gasteiger partial charge in [0, 0.05) is 52.4 Å². The molecule has 0 aromatic heterocycles. The van der Waals surface area contributed by atoms with Crippen LogP contribution in [-0.4, -0.2) is 79.5 Å². The number of aliphatic hydroxyl groups excluding tert-OH is 1. The number of hydrogen-bond acceptors (Lipinski definition) is 4. The molecule has 0 spiro atoms. The normalized spacial score (nSPS) is 28.0. The highest BCUT2D eigenvalue weighted by Gasteiger charge is 2.35. The molecule has 3 rings (SSSR count). The third-order valence-corrected chi connectivity index (χ3v) is 7.06. The average Bonchev–Trinajstić information content (AvgIpc) is 3.32. The summed E-state index contributed by atoms with van der Waals surface area (Å²) in [7, 11) is -3.29. The van der Waals surface area contributed by atoms with E-state index in [1.165, 1.54) is 12.8 Å². The molecule has 0 bridgehead atoms. The van der Waals surface area contributed by atoms with E-state index < -0.39 is 10.2 Å². The lowest BCUT2D eigenvalue weighted by Gasteiger charge is -2.38. The third-order valence-electron chi connectivity index (χ3n) is 5.03. The Morgan fingerprint density at radius 1 is 0.810 bits per heavy atom. The van der Waals surface area contributed by atoms with Gasteiger partial charge in [-0.05, 0) is 37.5 Å². The van der Waals surface area contributed by atoms with E-state index in [2.05, 4.69) is 4.90 Å². The van der Waals surface area contributed by atoms with Crippen LogP contribution < -0.4 is 0 Å². The van der Waals surface area contributed by atoms with E-state index in [1.807, 2.05) is 0 Å². The van der Waals surface area contributed by atoms with Gasteiger partial charge in [-0.2, -0.15) is 17.0 Å². The first-order valence-electron chi connectivity index (χ1n) is 8.18. The Morgan fingerprint density at radius 2 is 1.38 bits per heavy atom. The lowest BCUT2D eigenvalue weighted by atomic mass is 10.00. The predicted octanol–water partition coefficient (Wildman–Crippen LogP) is -0.0369. The molecule has 2 heterocycles. The highest BCUT2D eigenvalue weighted by atomic mass is 32.2. The molecule has 7 heteroatoms. The Hall–Kier alpha value is -0.210. The van der Waals surface area contributed by atoms with Crippen LogP contribution in [0.4, 0.5) is 0 Å². The molecule has 1 N–H and O–H groups in total. The summed E-state index contributed by atoms with van der Waals surface area (Å²) in [6.07, 6.45) is 4.24. The average molecular weight is 317 g/mol. The first-order chi connectivity index (χ1) is 10.1. The largest absolute Gasteiger partial charge is 0.396 e. The van der Waals surface area contributed by atoms with Gasteiger partial charge in [0.05, 0.1) is 0 Å². The monoisotopic (exact) mass is 317 g/mol. The van der Waals surface area contributed by atoms with Crippen molar-refractivity contribution in [2.24, 2.45) is 11.8 Å². The molecule has 0 unspecified atom stereocenters. The Morgan fingerprint density at radius 3 is 1.90 bits per heavy atom. The summed E-state index contributed by atoms with van der Waals surface area (Å²) in [6.45, 7) is 5.39. The second-order valence-corrected chi connectivity index (χ2v) is 8.60. The fourth-order valence-corrected chi connectivity index (χ4v) is 4.92. The van der Waals surface area contributed by atoms with Crippen LogP contribution in [-0.2, 0) is 10.2 Å². The van der Waals surface area contributed by atoms with Crippen LogP contribution in [0.5, 0.6) is 0 Å². The SMILES string of the molecule is O=S(=O)(N1CCC(CO)CC1)N1CCN(CC2CC2)CC1. The highest BCUT2D eigenvalue weighted by molar-refractivity contribution is 7.86. The summed E-state index contributed by atoms with van der Waals surface area (Å²) in [5.41, 5.74) is 0. The van der Waals surface area contributed by atoms with Gasteiger partial charge in [-0.15, -0.1) is 0 Å². The van der Waals surface area contributed by atoms with E-state index in [4.69, 9.17) is 5.11 Å². The van der Waals surface area contributed by atoms with Gasteiger partial charge < -0.3 is 10.0 Å². The van der Waals surface area contributed by atoms with Crippen LogP contribution in [0, 0.1) is 11.8 Å². The van der Waals surface area contributed by atoms with Crippen LogP contribution in [0.25, 0.3) is 0 Å². The molecule has 2 saturated heterocycles. The van der Waals surface area contributed by atoms with E-state index in [0.717, 1.165) is 38.4 Å². The number of rotatable bonds is 5. The minimum Gasteiger partial charge on any atom is -0.396 e. The van der Waals surface area contributed by atoms with E-state index in [9.17, 15) is 8.42 Å². The lowest BCUT2D eigenvalue weighted by molar-refractivity contribution is 0.153. The molecule has 0 aromatic rings.